The van der Waals surface area contributed by atoms with Crippen LogP contribution in [-0.4, -0.2) is 17.6 Å². The van der Waals surface area contributed by atoms with E-state index >= 15 is 0 Å². The number of carboxylic acids is 1. The Labute approximate surface area is 91.5 Å². The maximum absolute atomic E-state index is 10.9. The van der Waals surface area contributed by atoms with Crippen molar-refractivity contribution in [1.29, 1.82) is 0 Å². The van der Waals surface area contributed by atoms with Crippen molar-refractivity contribution in [3.05, 3.63) is 20.3 Å². The number of thiophene rings is 1. The molecule has 78 valence electrons. The van der Waals surface area contributed by atoms with Gasteiger partial charge >= 0.3 is 5.97 Å². The number of carbonyl (C=O) groups is 1. The van der Waals surface area contributed by atoms with Crippen LogP contribution in [0.25, 0.3) is 0 Å². The number of halogens is 1. The number of hydrogen-bond donors (Lipinski definition) is 2. The van der Waals surface area contributed by atoms with Gasteiger partial charge in [-0.2, -0.15) is 0 Å². The van der Waals surface area contributed by atoms with Crippen molar-refractivity contribution in [3.8, 4) is 0 Å². The van der Waals surface area contributed by atoms with Gasteiger partial charge in [-0.15, -0.1) is 11.3 Å². The lowest BCUT2D eigenvalue weighted by atomic mass is 10.1. The summed E-state index contributed by atoms with van der Waals surface area (Å²) in [5, 5.41) is 9.59. The first kappa shape index (κ1) is 11.5. The summed E-state index contributed by atoms with van der Waals surface area (Å²) in [7, 11) is 0. The maximum Gasteiger partial charge on any atom is 0.313 e. The van der Waals surface area contributed by atoms with Gasteiger partial charge in [0.15, 0.2) is 0 Å². The molecule has 0 aliphatic rings. The van der Waals surface area contributed by atoms with Crippen LogP contribution < -0.4 is 5.73 Å². The molecule has 0 aromatic carbocycles. The lowest BCUT2D eigenvalue weighted by Crippen LogP contribution is -2.20. The summed E-state index contributed by atoms with van der Waals surface area (Å²) in [5.41, 5.74) is 6.26. The van der Waals surface area contributed by atoms with Crippen molar-refractivity contribution < 1.29 is 9.90 Å². The van der Waals surface area contributed by atoms with Crippen LogP contribution >= 0.6 is 22.9 Å². The van der Waals surface area contributed by atoms with Crippen LogP contribution in [-0.2, 0) is 4.79 Å². The minimum absolute atomic E-state index is 0.104. The molecule has 0 spiro atoms. The van der Waals surface area contributed by atoms with Crippen LogP contribution in [0.4, 0.5) is 0 Å². The van der Waals surface area contributed by atoms with Crippen LogP contribution in [0.5, 0.6) is 0 Å². The van der Waals surface area contributed by atoms with E-state index in [0.717, 1.165) is 15.3 Å². The van der Waals surface area contributed by atoms with Gasteiger partial charge in [-0.3, -0.25) is 4.79 Å². The SMILES string of the molecule is Cc1sc(C(CN)C(=O)O)c(C)c1Cl. The average Bonchev–Trinajstić information content (AvgIpc) is 2.35. The minimum atomic E-state index is -0.895. The second-order valence-electron chi connectivity index (χ2n) is 3.09. The topological polar surface area (TPSA) is 63.3 Å². The Morgan fingerprint density at radius 2 is 2.21 bits per heavy atom. The van der Waals surface area contributed by atoms with E-state index in [1.807, 2.05) is 13.8 Å². The van der Waals surface area contributed by atoms with Crippen LogP contribution in [0.2, 0.25) is 5.02 Å². The predicted molar refractivity (Wildman–Crippen MR) is 58.2 cm³/mol. The third-order valence-electron chi connectivity index (χ3n) is 2.12. The molecule has 1 heterocycles. The molecular formula is C9H12ClNO2S. The Kier molecular flexibility index (Phi) is 3.53. The second-order valence-corrected chi connectivity index (χ2v) is 4.72. The highest BCUT2D eigenvalue weighted by Crippen LogP contribution is 2.36. The first-order valence-corrected chi connectivity index (χ1v) is 5.36. The lowest BCUT2D eigenvalue weighted by molar-refractivity contribution is -0.138. The van der Waals surface area contributed by atoms with E-state index < -0.39 is 11.9 Å². The highest BCUT2D eigenvalue weighted by Gasteiger charge is 2.24. The monoisotopic (exact) mass is 233 g/mol. The Balaban J connectivity index is 3.17. The summed E-state index contributed by atoms with van der Waals surface area (Å²) in [6.07, 6.45) is 0. The number of aliphatic carboxylic acids is 1. The van der Waals surface area contributed by atoms with Crippen molar-refractivity contribution in [3.63, 3.8) is 0 Å². The molecule has 1 aromatic heterocycles. The molecule has 0 amide bonds. The summed E-state index contributed by atoms with van der Waals surface area (Å²) < 4.78 is 0. The van der Waals surface area contributed by atoms with E-state index in [9.17, 15) is 4.79 Å². The zero-order valence-corrected chi connectivity index (χ0v) is 9.58. The second kappa shape index (κ2) is 4.29. The maximum atomic E-state index is 10.9. The molecule has 0 radical (unpaired) electrons. The predicted octanol–water partition coefficient (Wildman–Crippen LogP) is 2.15. The molecule has 5 heteroatoms. The fraction of sp³-hybridized carbons (Fsp3) is 0.444. The molecule has 0 saturated heterocycles. The van der Waals surface area contributed by atoms with E-state index in [1.54, 1.807) is 0 Å². The highest BCUT2D eigenvalue weighted by molar-refractivity contribution is 7.13. The molecule has 0 saturated carbocycles. The molecule has 1 unspecified atom stereocenters. The van der Waals surface area contributed by atoms with E-state index in [-0.39, 0.29) is 6.54 Å². The van der Waals surface area contributed by atoms with E-state index in [2.05, 4.69) is 0 Å². The van der Waals surface area contributed by atoms with Crippen molar-refractivity contribution in [2.45, 2.75) is 19.8 Å². The van der Waals surface area contributed by atoms with Crippen molar-refractivity contribution in [2.24, 2.45) is 5.73 Å². The van der Waals surface area contributed by atoms with Gasteiger partial charge in [0.2, 0.25) is 0 Å². The van der Waals surface area contributed by atoms with Crippen molar-refractivity contribution >= 4 is 28.9 Å². The smallest absolute Gasteiger partial charge is 0.313 e. The number of aryl methyl sites for hydroxylation is 1. The molecule has 0 bridgehead atoms. The third-order valence-corrected chi connectivity index (χ3v) is 4.12. The molecule has 0 aliphatic heterocycles. The van der Waals surface area contributed by atoms with Gasteiger partial charge in [0.25, 0.3) is 0 Å². The van der Waals surface area contributed by atoms with Crippen LogP contribution in [0.15, 0.2) is 0 Å². The van der Waals surface area contributed by atoms with E-state index in [4.69, 9.17) is 22.4 Å². The Morgan fingerprint density at radius 3 is 2.50 bits per heavy atom. The summed E-state index contributed by atoms with van der Waals surface area (Å²) in [5.74, 6) is -1.53. The largest absolute Gasteiger partial charge is 0.481 e. The van der Waals surface area contributed by atoms with Gasteiger partial charge in [-0.1, -0.05) is 11.6 Å². The van der Waals surface area contributed by atoms with Crippen LogP contribution in [0.1, 0.15) is 21.2 Å². The summed E-state index contributed by atoms with van der Waals surface area (Å²) >= 11 is 7.39. The zero-order chi connectivity index (χ0) is 10.9. The first-order chi connectivity index (χ1) is 6.49. The molecule has 3 nitrogen and oxygen atoms in total. The first-order valence-electron chi connectivity index (χ1n) is 4.17. The Morgan fingerprint density at radius 1 is 1.64 bits per heavy atom. The van der Waals surface area contributed by atoms with Gasteiger partial charge < -0.3 is 10.8 Å². The third kappa shape index (κ3) is 1.92. The van der Waals surface area contributed by atoms with Crippen molar-refractivity contribution in [2.75, 3.05) is 6.54 Å². The fourth-order valence-electron chi connectivity index (χ4n) is 1.31. The fourth-order valence-corrected chi connectivity index (χ4v) is 2.75. The van der Waals surface area contributed by atoms with Crippen LogP contribution in [0, 0.1) is 13.8 Å². The van der Waals surface area contributed by atoms with Crippen LogP contribution in [0.3, 0.4) is 0 Å². The van der Waals surface area contributed by atoms with E-state index in [0.29, 0.717) is 5.02 Å². The summed E-state index contributed by atoms with van der Waals surface area (Å²) in [6, 6.07) is 0. The quantitative estimate of drug-likeness (QED) is 0.841. The number of nitrogens with two attached hydrogens (primary N) is 1. The van der Waals surface area contributed by atoms with Gasteiger partial charge in [0.05, 0.1) is 5.02 Å². The molecule has 3 N–H and O–H groups in total. The standard InChI is InChI=1S/C9H12ClNO2S/c1-4-7(10)5(2)14-8(4)6(3-11)9(12)13/h6H,3,11H2,1-2H3,(H,12,13). The molecule has 14 heavy (non-hydrogen) atoms. The minimum Gasteiger partial charge on any atom is -0.481 e. The zero-order valence-electron chi connectivity index (χ0n) is 8.00. The lowest BCUT2D eigenvalue weighted by Gasteiger charge is -2.08. The molecular weight excluding hydrogens is 222 g/mol. The molecule has 1 atom stereocenters. The van der Waals surface area contributed by atoms with E-state index in [1.165, 1.54) is 11.3 Å². The van der Waals surface area contributed by atoms with Crippen molar-refractivity contribution in [1.82, 2.24) is 0 Å². The average molecular weight is 234 g/mol. The molecule has 1 rings (SSSR count). The number of hydrogen-bond acceptors (Lipinski definition) is 3. The normalized spacial score (nSPS) is 12.9. The number of carboxylic acid groups (broad SMARTS) is 1. The molecule has 1 aromatic rings. The Bertz CT molecular complexity index is 362. The highest BCUT2D eigenvalue weighted by atomic mass is 35.5. The van der Waals surface area contributed by atoms with Gasteiger partial charge in [0, 0.05) is 16.3 Å². The van der Waals surface area contributed by atoms with Gasteiger partial charge in [0.1, 0.15) is 5.92 Å². The summed E-state index contributed by atoms with van der Waals surface area (Å²) in [6.45, 7) is 3.80. The van der Waals surface area contributed by atoms with Gasteiger partial charge in [-0.25, -0.2) is 0 Å². The Hall–Kier alpha value is -0.580. The number of rotatable bonds is 3. The van der Waals surface area contributed by atoms with Gasteiger partial charge in [-0.05, 0) is 19.4 Å². The molecule has 0 fully saturated rings. The summed E-state index contributed by atoms with van der Waals surface area (Å²) in [4.78, 5) is 12.6. The molecule has 0 aliphatic carbocycles.